The Kier molecular flexibility index (Phi) is 5.97. The molecule has 1 aliphatic heterocycles. The van der Waals surface area contributed by atoms with E-state index >= 15 is 0 Å². The van der Waals surface area contributed by atoms with Crippen molar-refractivity contribution < 1.29 is 9.47 Å². The Labute approximate surface area is 110 Å². The van der Waals surface area contributed by atoms with Crippen molar-refractivity contribution >= 4 is 6.08 Å². The van der Waals surface area contributed by atoms with Gasteiger partial charge in [-0.1, -0.05) is 42.5 Å². The van der Waals surface area contributed by atoms with E-state index in [0.29, 0.717) is 0 Å². The van der Waals surface area contributed by atoms with Crippen molar-refractivity contribution in [2.45, 2.75) is 38.4 Å². The highest BCUT2D eigenvalue weighted by Crippen LogP contribution is 2.14. The molecule has 1 aromatic carbocycles. The molecule has 2 nitrogen and oxygen atoms in total. The quantitative estimate of drug-likeness (QED) is 0.706. The zero-order valence-corrected chi connectivity index (χ0v) is 10.9. The summed E-state index contributed by atoms with van der Waals surface area (Å²) < 4.78 is 11.2. The monoisotopic (exact) mass is 246 g/mol. The van der Waals surface area contributed by atoms with Gasteiger partial charge in [-0.25, -0.2) is 0 Å². The molecule has 0 bridgehead atoms. The van der Waals surface area contributed by atoms with Gasteiger partial charge in [0.15, 0.2) is 6.29 Å². The van der Waals surface area contributed by atoms with Crippen LogP contribution in [0.25, 0.3) is 6.08 Å². The maximum absolute atomic E-state index is 5.68. The molecule has 1 saturated heterocycles. The number of ether oxygens (including phenoxy) is 2. The van der Waals surface area contributed by atoms with Gasteiger partial charge in [-0.3, -0.25) is 0 Å². The molecule has 0 saturated carbocycles. The van der Waals surface area contributed by atoms with Crippen LogP contribution >= 0.6 is 0 Å². The summed E-state index contributed by atoms with van der Waals surface area (Å²) in [4.78, 5) is 0. The zero-order chi connectivity index (χ0) is 12.5. The van der Waals surface area contributed by atoms with Gasteiger partial charge in [0.25, 0.3) is 0 Å². The van der Waals surface area contributed by atoms with E-state index in [1.165, 1.54) is 18.4 Å². The van der Waals surface area contributed by atoms with Gasteiger partial charge >= 0.3 is 0 Å². The Morgan fingerprint density at radius 2 is 2.11 bits per heavy atom. The van der Waals surface area contributed by atoms with Crippen molar-refractivity contribution in [1.29, 1.82) is 0 Å². The Bertz CT molecular complexity index is 339. The molecule has 0 radical (unpaired) electrons. The van der Waals surface area contributed by atoms with Crippen LogP contribution in [0.4, 0.5) is 0 Å². The van der Waals surface area contributed by atoms with Crippen LogP contribution < -0.4 is 0 Å². The van der Waals surface area contributed by atoms with E-state index in [1.54, 1.807) is 0 Å². The third-order valence-corrected chi connectivity index (χ3v) is 3.07. The summed E-state index contributed by atoms with van der Waals surface area (Å²) >= 11 is 0. The molecule has 18 heavy (non-hydrogen) atoms. The van der Waals surface area contributed by atoms with Crippen LogP contribution in [-0.4, -0.2) is 19.5 Å². The average molecular weight is 246 g/mol. The lowest BCUT2D eigenvalue weighted by atomic mass is 10.2. The maximum Gasteiger partial charge on any atom is 0.157 e. The first-order valence-corrected chi connectivity index (χ1v) is 6.90. The van der Waals surface area contributed by atoms with E-state index in [0.717, 1.165) is 32.5 Å². The molecule has 0 N–H and O–H groups in total. The molecular weight excluding hydrogens is 224 g/mol. The number of benzene rings is 1. The normalized spacial score (nSPS) is 20.3. The highest BCUT2D eigenvalue weighted by atomic mass is 16.7. The number of unbranched alkanes of at least 4 members (excludes halogenated alkanes) is 1. The van der Waals surface area contributed by atoms with E-state index in [4.69, 9.17) is 9.47 Å². The van der Waals surface area contributed by atoms with Crippen molar-refractivity contribution in [2.75, 3.05) is 13.2 Å². The Hall–Kier alpha value is -1.12. The van der Waals surface area contributed by atoms with Gasteiger partial charge in [-0.05, 0) is 37.7 Å². The Morgan fingerprint density at radius 3 is 2.89 bits per heavy atom. The van der Waals surface area contributed by atoms with Crippen LogP contribution in [0, 0.1) is 0 Å². The van der Waals surface area contributed by atoms with E-state index < -0.39 is 0 Å². The summed E-state index contributed by atoms with van der Waals surface area (Å²) in [5.41, 5.74) is 1.26. The van der Waals surface area contributed by atoms with Gasteiger partial charge in [-0.2, -0.15) is 0 Å². The summed E-state index contributed by atoms with van der Waals surface area (Å²) in [7, 11) is 0. The fourth-order valence-corrected chi connectivity index (χ4v) is 2.04. The van der Waals surface area contributed by atoms with Crippen molar-refractivity contribution in [2.24, 2.45) is 0 Å². The zero-order valence-electron chi connectivity index (χ0n) is 10.9. The van der Waals surface area contributed by atoms with Gasteiger partial charge in [0.2, 0.25) is 0 Å². The van der Waals surface area contributed by atoms with Crippen LogP contribution in [0.3, 0.4) is 0 Å². The van der Waals surface area contributed by atoms with Crippen molar-refractivity contribution in [3.8, 4) is 0 Å². The van der Waals surface area contributed by atoms with E-state index in [9.17, 15) is 0 Å². The molecule has 1 aliphatic rings. The molecular formula is C16H22O2. The summed E-state index contributed by atoms with van der Waals surface area (Å²) in [5, 5.41) is 0. The lowest BCUT2D eigenvalue weighted by molar-refractivity contribution is -0.162. The molecule has 1 aromatic rings. The summed E-state index contributed by atoms with van der Waals surface area (Å²) in [6, 6.07) is 10.4. The van der Waals surface area contributed by atoms with Gasteiger partial charge in [0, 0.05) is 6.61 Å². The van der Waals surface area contributed by atoms with Crippen molar-refractivity contribution in [3.05, 3.63) is 42.0 Å². The van der Waals surface area contributed by atoms with E-state index in [2.05, 4.69) is 36.4 Å². The second-order valence-corrected chi connectivity index (χ2v) is 4.62. The minimum Gasteiger partial charge on any atom is -0.353 e. The Balaban J connectivity index is 1.54. The first-order valence-electron chi connectivity index (χ1n) is 6.90. The lowest BCUT2D eigenvalue weighted by Gasteiger charge is -2.22. The van der Waals surface area contributed by atoms with Crippen molar-refractivity contribution in [3.63, 3.8) is 0 Å². The van der Waals surface area contributed by atoms with Crippen LogP contribution in [-0.2, 0) is 9.47 Å². The standard InChI is InChI=1S/C16H22O2/c1-3-9-15(10-4-1)11-5-2-7-13-17-16-12-6-8-14-18-16/h1,3-5,9-11,16H,2,6-8,12-14H2. The van der Waals surface area contributed by atoms with Gasteiger partial charge in [0.1, 0.15) is 0 Å². The van der Waals surface area contributed by atoms with Crippen LogP contribution in [0.2, 0.25) is 0 Å². The molecule has 98 valence electrons. The molecule has 1 atom stereocenters. The predicted octanol–water partition coefficient (Wildman–Crippen LogP) is 4.02. The third-order valence-electron chi connectivity index (χ3n) is 3.07. The topological polar surface area (TPSA) is 18.5 Å². The first-order chi connectivity index (χ1) is 8.95. The number of allylic oxidation sites excluding steroid dienone is 1. The Morgan fingerprint density at radius 1 is 1.22 bits per heavy atom. The predicted molar refractivity (Wildman–Crippen MR) is 74.3 cm³/mol. The molecule has 0 aliphatic carbocycles. The van der Waals surface area contributed by atoms with Crippen LogP contribution in [0.1, 0.15) is 37.7 Å². The third kappa shape index (κ3) is 5.03. The molecule has 0 aromatic heterocycles. The fraction of sp³-hybridized carbons (Fsp3) is 0.500. The summed E-state index contributed by atoms with van der Waals surface area (Å²) in [5.74, 6) is 0. The van der Waals surface area contributed by atoms with Gasteiger partial charge < -0.3 is 9.47 Å². The second kappa shape index (κ2) is 8.06. The molecule has 1 heterocycles. The van der Waals surface area contributed by atoms with Crippen LogP contribution in [0.15, 0.2) is 36.4 Å². The SMILES string of the molecule is C(=Cc1ccccc1)CCCOC1CCCCO1. The number of hydrogen-bond donors (Lipinski definition) is 0. The summed E-state index contributed by atoms with van der Waals surface area (Å²) in [6.45, 7) is 1.66. The molecule has 2 rings (SSSR count). The summed E-state index contributed by atoms with van der Waals surface area (Å²) in [6.07, 6.45) is 10.0. The molecule has 0 spiro atoms. The second-order valence-electron chi connectivity index (χ2n) is 4.62. The highest BCUT2D eigenvalue weighted by Gasteiger charge is 2.12. The fourth-order valence-electron chi connectivity index (χ4n) is 2.04. The van der Waals surface area contributed by atoms with Gasteiger partial charge in [-0.15, -0.1) is 0 Å². The largest absolute Gasteiger partial charge is 0.353 e. The van der Waals surface area contributed by atoms with Crippen molar-refractivity contribution in [1.82, 2.24) is 0 Å². The molecule has 1 unspecified atom stereocenters. The minimum atomic E-state index is 0.0526. The lowest BCUT2D eigenvalue weighted by Crippen LogP contribution is -2.22. The average Bonchev–Trinajstić information content (AvgIpc) is 2.45. The smallest absolute Gasteiger partial charge is 0.157 e. The van der Waals surface area contributed by atoms with E-state index in [1.807, 2.05) is 6.07 Å². The maximum atomic E-state index is 5.68. The van der Waals surface area contributed by atoms with E-state index in [-0.39, 0.29) is 6.29 Å². The number of rotatable bonds is 6. The molecule has 1 fully saturated rings. The molecule has 0 amide bonds. The minimum absolute atomic E-state index is 0.0526. The number of hydrogen-bond acceptors (Lipinski definition) is 2. The van der Waals surface area contributed by atoms with Gasteiger partial charge in [0.05, 0.1) is 6.61 Å². The molecule has 2 heteroatoms. The first kappa shape index (κ1) is 13.3. The van der Waals surface area contributed by atoms with Crippen LogP contribution in [0.5, 0.6) is 0 Å². The highest BCUT2D eigenvalue weighted by molar-refractivity contribution is 5.48.